The van der Waals surface area contributed by atoms with E-state index in [1.807, 2.05) is 47.3 Å². The van der Waals surface area contributed by atoms with Gasteiger partial charge in [-0.05, 0) is 30.9 Å². The van der Waals surface area contributed by atoms with Crippen LogP contribution in [0.15, 0.2) is 47.8 Å². The van der Waals surface area contributed by atoms with Gasteiger partial charge in [-0.3, -0.25) is 9.48 Å². The number of rotatable bonds is 5. The summed E-state index contributed by atoms with van der Waals surface area (Å²) in [6, 6.07) is 14.0. The molecule has 5 heteroatoms. The molecule has 0 aliphatic rings. The highest BCUT2D eigenvalue weighted by Crippen LogP contribution is 2.26. The number of hydrogen-bond acceptors (Lipinski definition) is 3. The molecule has 1 aromatic carbocycles. The van der Waals surface area contributed by atoms with Crippen LogP contribution in [0.2, 0.25) is 0 Å². The van der Waals surface area contributed by atoms with Gasteiger partial charge in [0.25, 0.3) is 5.91 Å². The lowest BCUT2D eigenvalue weighted by atomic mass is 10.0. The standard InChI is InChI=1S/C18H19N3OS/c1-13-17(15-7-4-3-5-8-15)14(2)21(20-13)11-10-19-18(22)16-9-6-12-23-16/h3-9,12H,10-11H2,1-2H3,(H,19,22). The SMILES string of the molecule is Cc1nn(CCNC(=O)c2cccs2)c(C)c1-c1ccccc1. The van der Waals surface area contributed by atoms with E-state index in [1.165, 1.54) is 22.5 Å². The van der Waals surface area contributed by atoms with Crippen LogP contribution in [-0.4, -0.2) is 22.2 Å². The van der Waals surface area contributed by atoms with E-state index in [0.717, 1.165) is 16.3 Å². The Kier molecular flexibility index (Phi) is 4.57. The zero-order chi connectivity index (χ0) is 16.2. The van der Waals surface area contributed by atoms with Crippen LogP contribution >= 0.6 is 11.3 Å². The van der Waals surface area contributed by atoms with Gasteiger partial charge in [0.1, 0.15) is 0 Å². The van der Waals surface area contributed by atoms with Crippen LogP contribution in [0, 0.1) is 13.8 Å². The van der Waals surface area contributed by atoms with E-state index in [0.29, 0.717) is 13.1 Å². The highest BCUT2D eigenvalue weighted by atomic mass is 32.1. The van der Waals surface area contributed by atoms with Gasteiger partial charge in [-0.25, -0.2) is 0 Å². The molecule has 0 fully saturated rings. The lowest BCUT2D eigenvalue weighted by molar-refractivity contribution is 0.0956. The average Bonchev–Trinajstić information content (AvgIpc) is 3.17. The predicted molar refractivity (Wildman–Crippen MR) is 93.8 cm³/mol. The lowest BCUT2D eigenvalue weighted by Gasteiger charge is -2.07. The van der Waals surface area contributed by atoms with Crippen molar-refractivity contribution in [2.45, 2.75) is 20.4 Å². The lowest BCUT2D eigenvalue weighted by Crippen LogP contribution is -2.27. The molecule has 0 saturated heterocycles. The summed E-state index contributed by atoms with van der Waals surface area (Å²) in [6.07, 6.45) is 0. The summed E-state index contributed by atoms with van der Waals surface area (Å²) in [5.41, 5.74) is 4.49. The van der Waals surface area contributed by atoms with E-state index in [1.54, 1.807) is 0 Å². The normalized spacial score (nSPS) is 10.7. The molecule has 23 heavy (non-hydrogen) atoms. The van der Waals surface area contributed by atoms with Crippen molar-refractivity contribution in [2.24, 2.45) is 0 Å². The number of benzene rings is 1. The summed E-state index contributed by atoms with van der Waals surface area (Å²) in [7, 11) is 0. The molecule has 0 bridgehead atoms. The van der Waals surface area contributed by atoms with Gasteiger partial charge < -0.3 is 5.32 Å². The van der Waals surface area contributed by atoms with Crippen LogP contribution in [0.1, 0.15) is 21.1 Å². The summed E-state index contributed by atoms with van der Waals surface area (Å²) in [6.45, 7) is 5.32. The van der Waals surface area contributed by atoms with Gasteiger partial charge in [0.05, 0.1) is 17.1 Å². The molecule has 0 unspecified atom stereocenters. The zero-order valence-electron chi connectivity index (χ0n) is 13.2. The minimum absolute atomic E-state index is 0.0233. The summed E-state index contributed by atoms with van der Waals surface area (Å²) >= 11 is 1.45. The molecule has 118 valence electrons. The molecule has 1 N–H and O–H groups in total. The molecule has 0 radical (unpaired) electrons. The van der Waals surface area contributed by atoms with Crippen molar-refractivity contribution in [3.63, 3.8) is 0 Å². The summed E-state index contributed by atoms with van der Waals surface area (Å²) in [5.74, 6) is -0.0233. The number of carbonyl (C=O) groups is 1. The van der Waals surface area contributed by atoms with Gasteiger partial charge in [-0.1, -0.05) is 36.4 Å². The quantitative estimate of drug-likeness (QED) is 0.778. The number of amides is 1. The molecular formula is C18H19N3OS. The van der Waals surface area contributed by atoms with Crippen molar-refractivity contribution >= 4 is 17.2 Å². The molecule has 0 aliphatic heterocycles. The number of nitrogens with zero attached hydrogens (tertiary/aromatic N) is 2. The van der Waals surface area contributed by atoms with Crippen LogP contribution in [-0.2, 0) is 6.54 Å². The van der Waals surface area contributed by atoms with Crippen molar-refractivity contribution in [1.82, 2.24) is 15.1 Å². The topological polar surface area (TPSA) is 46.9 Å². The van der Waals surface area contributed by atoms with E-state index >= 15 is 0 Å². The van der Waals surface area contributed by atoms with Gasteiger partial charge in [0.15, 0.2) is 0 Å². The third kappa shape index (κ3) is 3.35. The molecule has 0 spiro atoms. The Bertz CT molecular complexity index is 791. The first-order valence-electron chi connectivity index (χ1n) is 7.58. The summed E-state index contributed by atoms with van der Waals surface area (Å²) in [5, 5.41) is 9.46. The highest BCUT2D eigenvalue weighted by Gasteiger charge is 2.13. The fourth-order valence-electron chi connectivity index (χ4n) is 2.71. The maximum atomic E-state index is 11.9. The van der Waals surface area contributed by atoms with Crippen molar-refractivity contribution in [3.05, 3.63) is 64.1 Å². The molecule has 2 heterocycles. The molecular weight excluding hydrogens is 306 g/mol. The minimum atomic E-state index is -0.0233. The fourth-order valence-corrected chi connectivity index (χ4v) is 3.35. The molecule has 0 atom stereocenters. The van der Waals surface area contributed by atoms with Crippen molar-refractivity contribution in [3.8, 4) is 11.1 Å². The van der Waals surface area contributed by atoms with E-state index in [9.17, 15) is 4.79 Å². The summed E-state index contributed by atoms with van der Waals surface area (Å²) < 4.78 is 1.96. The largest absolute Gasteiger partial charge is 0.349 e. The molecule has 0 saturated carbocycles. The zero-order valence-corrected chi connectivity index (χ0v) is 14.1. The van der Waals surface area contributed by atoms with E-state index in [2.05, 4.69) is 29.5 Å². The number of carbonyl (C=O) groups excluding carboxylic acids is 1. The van der Waals surface area contributed by atoms with Crippen molar-refractivity contribution in [2.75, 3.05) is 6.54 Å². The number of aryl methyl sites for hydroxylation is 1. The number of hydrogen-bond donors (Lipinski definition) is 1. The first kappa shape index (κ1) is 15.5. The van der Waals surface area contributed by atoms with Gasteiger partial charge in [0.2, 0.25) is 0 Å². The van der Waals surface area contributed by atoms with Gasteiger partial charge >= 0.3 is 0 Å². The molecule has 3 rings (SSSR count). The van der Waals surface area contributed by atoms with E-state index in [-0.39, 0.29) is 5.91 Å². The maximum absolute atomic E-state index is 11.9. The summed E-state index contributed by atoms with van der Waals surface area (Å²) in [4.78, 5) is 12.7. The Morgan fingerprint density at radius 2 is 1.96 bits per heavy atom. The molecule has 3 aromatic rings. The third-order valence-corrected chi connectivity index (χ3v) is 4.67. The third-order valence-electron chi connectivity index (χ3n) is 3.80. The minimum Gasteiger partial charge on any atom is -0.349 e. The van der Waals surface area contributed by atoms with Crippen LogP contribution in [0.5, 0.6) is 0 Å². The second-order valence-corrected chi connectivity index (χ2v) is 6.32. The predicted octanol–water partition coefficient (Wildman–Crippen LogP) is 3.66. The smallest absolute Gasteiger partial charge is 0.261 e. The second-order valence-electron chi connectivity index (χ2n) is 5.37. The monoisotopic (exact) mass is 325 g/mol. The van der Waals surface area contributed by atoms with Gasteiger partial charge in [-0.2, -0.15) is 5.10 Å². The average molecular weight is 325 g/mol. The molecule has 2 aromatic heterocycles. The maximum Gasteiger partial charge on any atom is 0.261 e. The molecule has 1 amide bonds. The van der Waals surface area contributed by atoms with Crippen molar-refractivity contribution in [1.29, 1.82) is 0 Å². The number of thiophene rings is 1. The Labute approximate surface area is 139 Å². The Balaban J connectivity index is 1.69. The van der Waals surface area contributed by atoms with Gasteiger partial charge in [-0.15, -0.1) is 11.3 Å². The second kappa shape index (κ2) is 6.79. The first-order valence-corrected chi connectivity index (χ1v) is 8.46. The molecule has 0 aliphatic carbocycles. The van der Waals surface area contributed by atoms with E-state index in [4.69, 9.17) is 0 Å². The van der Waals surface area contributed by atoms with Crippen LogP contribution in [0.3, 0.4) is 0 Å². The fraction of sp³-hybridized carbons (Fsp3) is 0.222. The first-order chi connectivity index (χ1) is 11.2. The Hall–Kier alpha value is -2.40. The number of aromatic nitrogens is 2. The van der Waals surface area contributed by atoms with Crippen LogP contribution in [0.4, 0.5) is 0 Å². The van der Waals surface area contributed by atoms with Gasteiger partial charge in [0, 0.05) is 17.8 Å². The highest BCUT2D eigenvalue weighted by molar-refractivity contribution is 7.12. The van der Waals surface area contributed by atoms with E-state index < -0.39 is 0 Å². The Morgan fingerprint density at radius 1 is 1.17 bits per heavy atom. The van der Waals surface area contributed by atoms with Crippen LogP contribution < -0.4 is 5.32 Å². The number of nitrogens with one attached hydrogen (secondary N) is 1. The molecule has 4 nitrogen and oxygen atoms in total. The van der Waals surface area contributed by atoms with Crippen molar-refractivity contribution < 1.29 is 4.79 Å². The Morgan fingerprint density at radius 3 is 2.65 bits per heavy atom. The van der Waals surface area contributed by atoms with Crippen LogP contribution in [0.25, 0.3) is 11.1 Å².